The molecule has 3 N–H and O–H groups in total. The number of hydrogen-bond acceptors (Lipinski definition) is 7. The van der Waals surface area contributed by atoms with Crippen LogP contribution in [0, 0.1) is 28.6 Å². The van der Waals surface area contributed by atoms with Crippen molar-refractivity contribution in [2.24, 2.45) is 22.7 Å². The Morgan fingerprint density at radius 1 is 1.12 bits per heavy atom. The predicted molar refractivity (Wildman–Crippen MR) is 174 cm³/mol. The zero-order valence-electron chi connectivity index (χ0n) is 25.8. The average Bonchev–Trinajstić information content (AvgIpc) is 2.99. The Morgan fingerprint density at radius 2 is 1.81 bits per heavy atom. The van der Waals surface area contributed by atoms with Crippen LogP contribution in [0.3, 0.4) is 0 Å². The number of nitrogens with zero attached hydrogens (tertiary/aromatic N) is 2. The monoisotopic (exact) mass is 583 g/mol. The number of piperidine rings is 1. The van der Waals surface area contributed by atoms with Gasteiger partial charge in [0.05, 0.1) is 30.7 Å². The van der Waals surface area contributed by atoms with Gasteiger partial charge in [0.1, 0.15) is 11.5 Å². The van der Waals surface area contributed by atoms with E-state index < -0.39 is 0 Å². The predicted octanol–water partition coefficient (Wildman–Crippen LogP) is 6.29. The zero-order chi connectivity index (χ0) is 30.8. The number of ether oxygens (including phenoxy) is 2. The number of amides is 1. The number of carbonyl (C=O) groups excluding carboxylic acids is 1. The molecule has 228 valence electrons. The zero-order valence-corrected chi connectivity index (χ0v) is 25.8. The minimum absolute atomic E-state index is 0.0166. The first kappa shape index (κ1) is 32.0. The largest absolute Gasteiger partial charge is 0.457 e. The summed E-state index contributed by atoms with van der Waals surface area (Å²) in [4.78, 5) is 19.7. The van der Waals surface area contributed by atoms with Crippen LogP contribution in [0.2, 0.25) is 0 Å². The Hall–Kier alpha value is -3.88. The summed E-state index contributed by atoms with van der Waals surface area (Å²) in [7, 11) is 0. The molecule has 0 radical (unpaired) electrons. The number of aliphatic imine (C=N–C) groups is 1. The van der Waals surface area contributed by atoms with Crippen LogP contribution in [-0.4, -0.2) is 67.3 Å². The van der Waals surface area contributed by atoms with Gasteiger partial charge < -0.3 is 25.1 Å². The van der Waals surface area contributed by atoms with Crippen molar-refractivity contribution < 1.29 is 14.3 Å². The van der Waals surface area contributed by atoms with E-state index in [0.29, 0.717) is 47.6 Å². The number of para-hydroxylation sites is 1. The third-order valence-corrected chi connectivity index (χ3v) is 8.43. The molecule has 2 aromatic carbocycles. The fourth-order valence-corrected chi connectivity index (χ4v) is 5.67. The van der Waals surface area contributed by atoms with Crippen LogP contribution in [0.25, 0.3) is 0 Å². The van der Waals surface area contributed by atoms with Gasteiger partial charge in [0.15, 0.2) is 0 Å². The van der Waals surface area contributed by atoms with Gasteiger partial charge in [0, 0.05) is 54.7 Å². The molecule has 2 fully saturated rings. The second-order valence-electron chi connectivity index (χ2n) is 11.5. The maximum atomic E-state index is 13.0. The van der Waals surface area contributed by atoms with E-state index >= 15 is 0 Å². The summed E-state index contributed by atoms with van der Waals surface area (Å²) in [5.41, 5.74) is 2.57. The number of nitrogens with one attached hydrogen (secondary N) is 3. The van der Waals surface area contributed by atoms with Gasteiger partial charge in [0.25, 0.3) is 0 Å². The SMILES string of the molecule is CC=N/C(=C(\C(C)=N)C(=N)c1ccc(Oc2ccccc2)cc1)C(C)C(C)C1CCCN(C(=O)C=CCNC2COC2)C1. The fraction of sp³-hybridized carbons (Fsp3) is 0.429. The van der Waals surface area contributed by atoms with E-state index in [1.165, 1.54) is 0 Å². The van der Waals surface area contributed by atoms with E-state index in [2.05, 4.69) is 19.2 Å². The molecule has 2 aromatic rings. The Bertz CT molecular complexity index is 1350. The molecule has 43 heavy (non-hydrogen) atoms. The lowest BCUT2D eigenvalue weighted by Crippen LogP contribution is -2.46. The molecule has 2 aliphatic heterocycles. The van der Waals surface area contributed by atoms with Crippen LogP contribution >= 0.6 is 0 Å². The minimum Gasteiger partial charge on any atom is -0.457 e. The van der Waals surface area contributed by atoms with Crippen molar-refractivity contribution in [1.29, 1.82) is 10.8 Å². The summed E-state index contributed by atoms with van der Waals surface area (Å²) >= 11 is 0. The fourth-order valence-electron chi connectivity index (χ4n) is 5.67. The standard InChI is InChI=1S/C35H45N5O3/c1-5-38-35(33(26(4)36)34(37)27-15-17-31(18-16-27)43-30-12-7-6-8-13-30)25(3)24(2)28-11-10-20-40(21-28)32(41)14-9-19-39-29-22-42-23-29/h5-9,12-18,24-25,28-29,36-37,39H,10-11,19-23H2,1-4H3/b14-9?,35-33+,36-26?,37-34?,38-5?. The van der Waals surface area contributed by atoms with E-state index in [1.54, 1.807) is 19.2 Å². The van der Waals surface area contributed by atoms with Crippen molar-refractivity contribution in [3.05, 3.63) is 83.6 Å². The van der Waals surface area contributed by atoms with Crippen molar-refractivity contribution in [1.82, 2.24) is 10.2 Å². The van der Waals surface area contributed by atoms with Gasteiger partial charge in [-0.1, -0.05) is 38.1 Å². The number of carbonyl (C=O) groups is 1. The normalized spacial score (nSPS) is 19.5. The van der Waals surface area contributed by atoms with Gasteiger partial charge >= 0.3 is 0 Å². The van der Waals surface area contributed by atoms with Gasteiger partial charge in [-0.05, 0) is 74.9 Å². The van der Waals surface area contributed by atoms with Gasteiger partial charge in [-0.15, -0.1) is 0 Å². The summed E-state index contributed by atoms with van der Waals surface area (Å²) in [5.74, 6) is 1.96. The first-order valence-electron chi connectivity index (χ1n) is 15.3. The highest BCUT2D eigenvalue weighted by Crippen LogP contribution is 2.35. The van der Waals surface area contributed by atoms with E-state index in [0.717, 1.165) is 44.0 Å². The molecule has 0 saturated carbocycles. The number of hydrogen-bond donors (Lipinski definition) is 3. The van der Waals surface area contributed by atoms with E-state index in [4.69, 9.17) is 25.3 Å². The molecule has 2 saturated heterocycles. The molecule has 0 aromatic heterocycles. The molecule has 2 heterocycles. The Morgan fingerprint density at radius 3 is 2.44 bits per heavy atom. The summed E-state index contributed by atoms with van der Waals surface area (Å²) in [5, 5.41) is 21.1. The highest BCUT2D eigenvalue weighted by molar-refractivity contribution is 6.28. The summed E-state index contributed by atoms with van der Waals surface area (Å²) < 4.78 is 11.1. The quantitative estimate of drug-likeness (QED) is 0.190. The lowest BCUT2D eigenvalue weighted by molar-refractivity contribution is -0.128. The van der Waals surface area contributed by atoms with Gasteiger partial charge in [-0.2, -0.15) is 0 Å². The van der Waals surface area contributed by atoms with Crippen molar-refractivity contribution in [3.63, 3.8) is 0 Å². The lowest BCUT2D eigenvalue weighted by atomic mass is 9.76. The number of benzene rings is 2. The van der Waals surface area contributed by atoms with Crippen molar-refractivity contribution in [2.75, 3.05) is 32.8 Å². The van der Waals surface area contributed by atoms with E-state index in [-0.39, 0.29) is 23.5 Å². The van der Waals surface area contributed by atoms with Gasteiger partial charge in [-0.3, -0.25) is 15.2 Å². The maximum absolute atomic E-state index is 13.0. The third-order valence-electron chi connectivity index (χ3n) is 8.43. The number of likely N-dealkylation sites (tertiary alicyclic amines) is 1. The van der Waals surface area contributed by atoms with Crippen LogP contribution < -0.4 is 10.1 Å². The average molecular weight is 584 g/mol. The molecule has 8 heteroatoms. The van der Waals surface area contributed by atoms with Crippen LogP contribution in [0.4, 0.5) is 0 Å². The van der Waals surface area contributed by atoms with Crippen LogP contribution in [-0.2, 0) is 9.53 Å². The summed E-state index contributed by atoms with van der Waals surface area (Å²) in [6.07, 6.45) is 7.32. The second kappa shape index (κ2) is 15.5. The van der Waals surface area contributed by atoms with Crippen molar-refractivity contribution >= 4 is 23.5 Å². The smallest absolute Gasteiger partial charge is 0.246 e. The third kappa shape index (κ3) is 8.58. The Labute approximate surface area is 255 Å². The Kier molecular flexibility index (Phi) is 11.6. The van der Waals surface area contributed by atoms with E-state index in [9.17, 15) is 4.79 Å². The highest BCUT2D eigenvalue weighted by atomic mass is 16.5. The first-order chi connectivity index (χ1) is 20.8. The molecule has 4 rings (SSSR count). The van der Waals surface area contributed by atoms with Gasteiger partial charge in [0.2, 0.25) is 5.91 Å². The molecular weight excluding hydrogens is 538 g/mol. The molecule has 8 nitrogen and oxygen atoms in total. The molecule has 0 aliphatic carbocycles. The molecule has 3 atom stereocenters. The molecular formula is C35H45N5O3. The number of allylic oxidation sites excluding steroid dienone is 2. The second-order valence-corrected chi connectivity index (χ2v) is 11.5. The molecule has 2 aliphatic rings. The number of rotatable bonds is 13. The molecule has 0 spiro atoms. The van der Waals surface area contributed by atoms with Crippen molar-refractivity contribution in [3.8, 4) is 11.5 Å². The lowest BCUT2D eigenvalue weighted by Gasteiger charge is -2.38. The van der Waals surface area contributed by atoms with Gasteiger partial charge in [-0.25, -0.2) is 0 Å². The molecule has 3 unspecified atom stereocenters. The topological polar surface area (TPSA) is 111 Å². The first-order valence-corrected chi connectivity index (χ1v) is 15.3. The van der Waals surface area contributed by atoms with Crippen LogP contribution in [0.5, 0.6) is 11.5 Å². The van der Waals surface area contributed by atoms with E-state index in [1.807, 2.05) is 72.5 Å². The Balaban J connectivity index is 1.47. The van der Waals surface area contributed by atoms with Crippen LogP contribution in [0.1, 0.15) is 46.1 Å². The summed E-state index contributed by atoms with van der Waals surface area (Å²) in [6, 6.07) is 17.4. The molecule has 1 amide bonds. The van der Waals surface area contributed by atoms with Crippen molar-refractivity contribution in [2.45, 2.75) is 46.6 Å². The van der Waals surface area contributed by atoms with Crippen LogP contribution in [0.15, 0.2) is 83.0 Å². The molecule has 0 bridgehead atoms. The highest BCUT2D eigenvalue weighted by Gasteiger charge is 2.32. The maximum Gasteiger partial charge on any atom is 0.246 e. The minimum atomic E-state index is -0.0166. The summed E-state index contributed by atoms with van der Waals surface area (Å²) in [6.45, 7) is 11.5.